The fourth-order valence-corrected chi connectivity index (χ4v) is 1.75. The van der Waals surface area contributed by atoms with Gasteiger partial charge in [-0.3, -0.25) is 0 Å². The van der Waals surface area contributed by atoms with Gasteiger partial charge in [0.05, 0.1) is 0 Å². The first-order valence-electron chi connectivity index (χ1n) is 6.01. The Morgan fingerprint density at radius 2 is 1.68 bits per heavy atom. The van der Waals surface area contributed by atoms with E-state index in [0.29, 0.717) is 5.56 Å². The summed E-state index contributed by atoms with van der Waals surface area (Å²) >= 11 is 0. The van der Waals surface area contributed by atoms with Crippen molar-refractivity contribution in [1.82, 2.24) is 0 Å². The summed E-state index contributed by atoms with van der Waals surface area (Å²) in [6, 6.07) is 11.2. The van der Waals surface area contributed by atoms with Crippen LogP contribution in [0.2, 0.25) is 0 Å². The molecular weight excluding hydrogens is 246 g/mol. The standard InChI is InChI=1S/C15H16F2N2/c1-19(2)14-6-4-13(5-7-14)18-10-11-9-12(16)3-8-15(11)17/h3-9,18H,10H2,1-2H3. The molecule has 0 aliphatic heterocycles. The summed E-state index contributed by atoms with van der Waals surface area (Å²) in [5.74, 6) is -0.833. The molecule has 0 fully saturated rings. The lowest BCUT2D eigenvalue weighted by Crippen LogP contribution is -2.08. The lowest BCUT2D eigenvalue weighted by atomic mass is 10.2. The van der Waals surface area contributed by atoms with Gasteiger partial charge in [-0.05, 0) is 42.5 Å². The lowest BCUT2D eigenvalue weighted by molar-refractivity contribution is 0.587. The summed E-state index contributed by atoms with van der Waals surface area (Å²) in [6.07, 6.45) is 0. The molecule has 4 heteroatoms. The monoisotopic (exact) mass is 262 g/mol. The van der Waals surface area contributed by atoms with Gasteiger partial charge in [0.15, 0.2) is 0 Å². The highest BCUT2D eigenvalue weighted by molar-refractivity contribution is 5.54. The topological polar surface area (TPSA) is 15.3 Å². The maximum Gasteiger partial charge on any atom is 0.128 e. The predicted molar refractivity (Wildman–Crippen MR) is 74.5 cm³/mol. The molecule has 0 unspecified atom stereocenters. The van der Waals surface area contributed by atoms with Crippen molar-refractivity contribution in [2.24, 2.45) is 0 Å². The largest absolute Gasteiger partial charge is 0.381 e. The molecule has 2 rings (SSSR count). The van der Waals surface area contributed by atoms with Gasteiger partial charge in [0.2, 0.25) is 0 Å². The van der Waals surface area contributed by atoms with E-state index in [-0.39, 0.29) is 6.54 Å². The van der Waals surface area contributed by atoms with Crippen molar-refractivity contribution < 1.29 is 8.78 Å². The van der Waals surface area contributed by atoms with Gasteiger partial charge in [-0.2, -0.15) is 0 Å². The van der Waals surface area contributed by atoms with E-state index < -0.39 is 11.6 Å². The molecule has 0 aliphatic rings. The number of halogens is 2. The number of nitrogens with one attached hydrogen (secondary N) is 1. The Kier molecular flexibility index (Phi) is 4.00. The van der Waals surface area contributed by atoms with Crippen molar-refractivity contribution >= 4 is 11.4 Å². The van der Waals surface area contributed by atoms with Crippen LogP contribution in [0, 0.1) is 11.6 Å². The minimum atomic E-state index is -0.429. The van der Waals surface area contributed by atoms with Crippen LogP contribution >= 0.6 is 0 Å². The van der Waals surface area contributed by atoms with Gasteiger partial charge in [-0.25, -0.2) is 8.78 Å². The molecule has 0 atom stereocenters. The van der Waals surface area contributed by atoms with Crippen LogP contribution in [0.15, 0.2) is 42.5 Å². The number of benzene rings is 2. The van der Waals surface area contributed by atoms with E-state index in [9.17, 15) is 8.78 Å². The molecule has 0 aromatic heterocycles. The van der Waals surface area contributed by atoms with Crippen molar-refractivity contribution in [3.05, 3.63) is 59.7 Å². The average Bonchev–Trinajstić information content (AvgIpc) is 2.40. The average molecular weight is 262 g/mol. The van der Waals surface area contributed by atoms with E-state index in [1.165, 1.54) is 6.07 Å². The van der Waals surface area contributed by atoms with E-state index in [1.54, 1.807) is 0 Å². The Morgan fingerprint density at radius 1 is 1.00 bits per heavy atom. The molecule has 2 nitrogen and oxygen atoms in total. The van der Waals surface area contributed by atoms with Crippen LogP contribution in [0.1, 0.15) is 5.56 Å². The van der Waals surface area contributed by atoms with Crippen LogP contribution in [0.3, 0.4) is 0 Å². The van der Waals surface area contributed by atoms with Gasteiger partial charge in [0.1, 0.15) is 11.6 Å². The quantitative estimate of drug-likeness (QED) is 0.905. The highest BCUT2D eigenvalue weighted by Crippen LogP contribution is 2.17. The zero-order valence-corrected chi connectivity index (χ0v) is 11.0. The number of nitrogens with zero attached hydrogens (tertiary/aromatic N) is 1. The van der Waals surface area contributed by atoms with Crippen molar-refractivity contribution in [3.8, 4) is 0 Å². The Labute approximate surface area is 111 Å². The molecule has 19 heavy (non-hydrogen) atoms. The van der Waals surface area contributed by atoms with Crippen molar-refractivity contribution in [1.29, 1.82) is 0 Å². The highest BCUT2D eigenvalue weighted by Gasteiger charge is 2.03. The Balaban J connectivity index is 2.04. The SMILES string of the molecule is CN(C)c1ccc(NCc2cc(F)ccc2F)cc1. The van der Waals surface area contributed by atoms with Gasteiger partial charge in [0.25, 0.3) is 0 Å². The molecule has 0 bridgehead atoms. The summed E-state index contributed by atoms with van der Waals surface area (Å²) in [5.41, 5.74) is 2.27. The smallest absolute Gasteiger partial charge is 0.128 e. The second kappa shape index (κ2) is 5.69. The molecule has 0 saturated carbocycles. The van der Waals surface area contributed by atoms with Crippen LogP contribution < -0.4 is 10.2 Å². The Bertz CT molecular complexity index is 551. The van der Waals surface area contributed by atoms with Crippen LogP contribution in [-0.2, 0) is 6.54 Å². The summed E-state index contributed by atoms with van der Waals surface area (Å²) in [7, 11) is 3.93. The predicted octanol–water partition coefficient (Wildman–Crippen LogP) is 3.64. The third-order valence-corrected chi connectivity index (χ3v) is 2.87. The molecule has 2 aromatic rings. The van der Waals surface area contributed by atoms with E-state index in [4.69, 9.17) is 0 Å². The van der Waals surface area contributed by atoms with Crippen molar-refractivity contribution in [2.75, 3.05) is 24.3 Å². The van der Waals surface area contributed by atoms with Crippen LogP contribution in [-0.4, -0.2) is 14.1 Å². The zero-order valence-electron chi connectivity index (χ0n) is 11.0. The molecule has 0 aliphatic carbocycles. The first-order chi connectivity index (χ1) is 9.06. The van der Waals surface area contributed by atoms with Gasteiger partial charge >= 0.3 is 0 Å². The number of hydrogen-bond acceptors (Lipinski definition) is 2. The minimum absolute atomic E-state index is 0.255. The molecule has 1 N–H and O–H groups in total. The van der Waals surface area contributed by atoms with E-state index in [1.807, 2.05) is 43.3 Å². The fourth-order valence-electron chi connectivity index (χ4n) is 1.75. The minimum Gasteiger partial charge on any atom is -0.381 e. The molecule has 0 saturated heterocycles. The number of anilines is 2. The molecule has 0 heterocycles. The van der Waals surface area contributed by atoms with Gasteiger partial charge in [0, 0.05) is 37.6 Å². The number of hydrogen-bond donors (Lipinski definition) is 1. The summed E-state index contributed by atoms with van der Waals surface area (Å²) in [5, 5.41) is 3.07. The molecule has 0 spiro atoms. The molecule has 100 valence electrons. The second-order valence-corrected chi connectivity index (χ2v) is 4.53. The first kappa shape index (κ1) is 13.3. The summed E-state index contributed by atoms with van der Waals surface area (Å²) in [6.45, 7) is 0.255. The summed E-state index contributed by atoms with van der Waals surface area (Å²) in [4.78, 5) is 2.00. The molecular formula is C15H16F2N2. The Morgan fingerprint density at radius 3 is 2.32 bits per heavy atom. The van der Waals surface area contributed by atoms with Crippen LogP contribution in [0.5, 0.6) is 0 Å². The number of rotatable bonds is 4. The van der Waals surface area contributed by atoms with E-state index in [2.05, 4.69) is 5.32 Å². The third kappa shape index (κ3) is 3.44. The lowest BCUT2D eigenvalue weighted by Gasteiger charge is -2.13. The van der Waals surface area contributed by atoms with Crippen molar-refractivity contribution in [3.63, 3.8) is 0 Å². The highest BCUT2D eigenvalue weighted by atomic mass is 19.1. The van der Waals surface area contributed by atoms with Gasteiger partial charge < -0.3 is 10.2 Å². The molecule has 0 radical (unpaired) electrons. The normalized spacial score (nSPS) is 10.3. The van der Waals surface area contributed by atoms with Gasteiger partial charge in [-0.15, -0.1) is 0 Å². The maximum atomic E-state index is 13.4. The second-order valence-electron chi connectivity index (χ2n) is 4.53. The Hall–Kier alpha value is -2.10. The van der Waals surface area contributed by atoms with Crippen LogP contribution in [0.4, 0.5) is 20.2 Å². The van der Waals surface area contributed by atoms with E-state index in [0.717, 1.165) is 23.5 Å². The summed E-state index contributed by atoms with van der Waals surface area (Å²) < 4.78 is 26.4. The zero-order chi connectivity index (χ0) is 13.8. The maximum absolute atomic E-state index is 13.4. The first-order valence-corrected chi connectivity index (χ1v) is 6.01. The van der Waals surface area contributed by atoms with Crippen LogP contribution in [0.25, 0.3) is 0 Å². The van der Waals surface area contributed by atoms with E-state index >= 15 is 0 Å². The fraction of sp³-hybridized carbons (Fsp3) is 0.200. The molecule has 2 aromatic carbocycles. The molecule has 0 amide bonds. The third-order valence-electron chi connectivity index (χ3n) is 2.87. The van der Waals surface area contributed by atoms with Gasteiger partial charge in [-0.1, -0.05) is 0 Å². The van der Waals surface area contributed by atoms with Crippen molar-refractivity contribution in [2.45, 2.75) is 6.54 Å².